The fourth-order valence-corrected chi connectivity index (χ4v) is 2.32. The fraction of sp³-hybridized carbons (Fsp3) is 0.750. The number of amides is 1. The molecule has 45 heavy (non-hydrogen) atoms. The lowest BCUT2D eigenvalue weighted by Gasteiger charge is -2.18. The standard InChI is InChI=1S/C9H18N6.2C4H9NOS.C4H9NS2.C3H6N2.4CH4/c1-13(2)7-10-8(14(3)4)12-9(11-7)15(5)6;1-5(2)4(6)7-3;1-5(2)4(7)6-3;1-5(2)4(6)7-3;1-4-3-5-2;;;;/h1-6H3;3*1-3H3;1-2H3;4*1H4. The van der Waals surface area contributed by atoms with E-state index in [-0.39, 0.29) is 34.9 Å². The number of ether oxygens (including phenoxy) is 1. The van der Waals surface area contributed by atoms with Gasteiger partial charge in [-0.1, -0.05) is 53.7 Å². The second-order valence-corrected chi connectivity index (χ2v) is 11.1. The largest absolute Gasteiger partial charge is 0.474 e. The minimum absolute atomic E-state index is 0. The molecule has 1 aromatic heterocycles. The van der Waals surface area contributed by atoms with E-state index in [0.29, 0.717) is 23.0 Å². The van der Waals surface area contributed by atoms with Crippen LogP contribution in [0, 0.1) is 0 Å². The number of thiocarbonyl (C=S) groups is 2. The highest BCUT2D eigenvalue weighted by Gasteiger charge is 2.10. The number of aliphatic imine (C=N–C) groups is 2. The summed E-state index contributed by atoms with van der Waals surface area (Å²) in [6, 6.07) is 2.36. The molecule has 0 atom stereocenters. The summed E-state index contributed by atoms with van der Waals surface area (Å²) in [4.78, 5) is 41.0. The number of methoxy groups -OCH3 is 1. The molecule has 13 nitrogen and oxygen atoms in total. The molecule has 0 aromatic carbocycles. The van der Waals surface area contributed by atoms with Gasteiger partial charge in [-0.25, -0.2) is 9.98 Å². The molecule has 0 aliphatic rings. The van der Waals surface area contributed by atoms with Crippen LogP contribution in [0.25, 0.3) is 0 Å². The number of nitrogens with zero attached hydrogens (tertiary/aromatic N) is 11. The quantitative estimate of drug-likeness (QED) is 0.280. The first-order chi connectivity index (χ1) is 18.9. The van der Waals surface area contributed by atoms with Crippen LogP contribution in [-0.2, 0) is 4.74 Å². The van der Waals surface area contributed by atoms with Crippen molar-refractivity contribution in [1.29, 1.82) is 0 Å². The van der Waals surface area contributed by atoms with Crippen LogP contribution in [0.2, 0.25) is 0 Å². The maximum Gasteiger partial charge on any atom is 0.280 e. The minimum Gasteiger partial charge on any atom is -0.474 e. The average molecular weight is 718 g/mol. The summed E-state index contributed by atoms with van der Waals surface area (Å²) in [5.41, 5.74) is 0. The molecular formula is C28H67N11O2S4. The van der Waals surface area contributed by atoms with E-state index in [9.17, 15) is 4.79 Å². The number of aromatic nitrogens is 3. The molecule has 0 N–H and O–H groups in total. The van der Waals surface area contributed by atoms with Gasteiger partial charge in [0.05, 0.1) is 13.1 Å². The van der Waals surface area contributed by atoms with Crippen LogP contribution in [0.5, 0.6) is 0 Å². The van der Waals surface area contributed by atoms with Gasteiger partial charge < -0.3 is 34.1 Å². The van der Waals surface area contributed by atoms with E-state index in [2.05, 4.69) is 47.9 Å². The molecule has 0 fully saturated rings. The van der Waals surface area contributed by atoms with Crippen molar-refractivity contribution in [1.82, 2.24) is 29.7 Å². The van der Waals surface area contributed by atoms with Gasteiger partial charge in [-0.2, -0.15) is 15.0 Å². The van der Waals surface area contributed by atoms with E-state index in [4.69, 9.17) is 12.2 Å². The molecule has 0 bridgehead atoms. The number of thioether (sulfide) groups is 2. The van der Waals surface area contributed by atoms with E-state index in [1.807, 2.05) is 96.3 Å². The Morgan fingerprint density at radius 3 is 1.00 bits per heavy atom. The van der Waals surface area contributed by atoms with E-state index < -0.39 is 0 Å². The monoisotopic (exact) mass is 717 g/mol. The number of rotatable bonds is 3. The number of hydrogen-bond donors (Lipinski definition) is 0. The lowest BCUT2D eigenvalue weighted by Crippen LogP contribution is -2.22. The molecule has 0 unspecified atom stereocenters. The average Bonchev–Trinajstić information content (AvgIpc) is 2.92. The Morgan fingerprint density at radius 1 is 0.644 bits per heavy atom. The van der Waals surface area contributed by atoms with Crippen LogP contribution in [0.4, 0.5) is 22.6 Å². The predicted octanol–water partition coefficient (Wildman–Crippen LogP) is 5.74. The molecular weight excluding hydrogens is 651 g/mol. The summed E-state index contributed by atoms with van der Waals surface area (Å²) in [7, 11) is 27.3. The summed E-state index contributed by atoms with van der Waals surface area (Å²) in [6.07, 6.45) is 3.74. The predicted molar refractivity (Wildman–Crippen MR) is 217 cm³/mol. The van der Waals surface area contributed by atoms with Crippen molar-refractivity contribution in [3.8, 4) is 0 Å². The highest BCUT2D eigenvalue weighted by molar-refractivity contribution is 8.22. The number of hydrogen-bond acceptors (Lipinski definition) is 14. The smallest absolute Gasteiger partial charge is 0.280 e. The van der Waals surface area contributed by atoms with Crippen LogP contribution in [0.1, 0.15) is 29.7 Å². The SMILES string of the molecule is C.C.C.C.CN(C)c1nc(N(C)C)nc(N(C)C)n1.CN=C=NC.COC(=S)N(C)C.CSC(=O)N(C)C.CSC(=S)N(C)C. The van der Waals surface area contributed by atoms with Crippen molar-refractivity contribution in [3.63, 3.8) is 0 Å². The lowest BCUT2D eigenvalue weighted by molar-refractivity contribution is 0.241. The number of carbonyl (C=O) groups is 1. The van der Waals surface area contributed by atoms with Gasteiger partial charge in [0.2, 0.25) is 17.8 Å². The highest BCUT2D eigenvalue weighted by Crippen LogP contribution is 2.14. The highest BCUT2D eigenvalue weighted by atomic mass is 32.2. The molecule has 1 heterocycles. The van der Waals surface area contributed by atoms with Gasteiger partial charge in [-0.3, -0.25) is 4.79 Å². The zero-order valence-electron chi connectivity index (χ0n) is 27.9. The van der Waals surface area contributed by atoms with Crippen LogP contribution >= 0.6 is 48.0 Å². The third-order valence-electron chi connectivity index (χ3n) is 3.62. The Kier molecular flexibility index (Phi) is 51.6. The van der Waals surface area contributed by atoms with E-state index in [1.165, 1.54) is 11.8 Å². The van der Waals surface area contributed by atoms with Gasteiger partial charge in [0, 0.05) is 98.7 Å². The van der Waals surface area contributed by atoms with Crippen LogP contribution in [0.3, 0.4) is 0 Å². The summed E-state index contributed by atoms with van der Waals surface area (Å²) < 4.78 is 5.60. The zero-order chi connectivity index (χ0) is 33.3. The summed E-state index contributed by atoms with van der Waals surface area (Å²) >= 11 is 12.4. The topological polar surface area (TPSA) is 109 Å². The number of anilines is 3. The van der Waals surface area contributed by atoms with Crippen molar-refractivity contribution in [2.24, 2.45) is 9.98 Å². The molecule has 0 aliphatic carbocycles. The second kappa shape index (κ2) is 37.7. The first-order valence-corrected chi connectivity index (χ1v) is 15.1. The summed E-state index contributed by atoms with van der Waals surface area (Å²) in [5, 5.41) is 0.611. The van der Waals surface area contributed by atoms with Crippen molar-refractivity contribution >= 4 is 86.5 Å². The molecule has 270 valence electrons. The third-order valence-corrected chi connectivity index (χ3v) is 6.45. The Morgan fingerprint density at radius 2 is 0.956 bits per heavy atom. The molecule has 17 heteroatoms. The van der Waals surface area contributed by atoms with Gasteiger partial charge in [-0.15, -0.1) is 11.8 Å². The van der Waals surface area contributed by atoms with Crippen molar-refractivity contribution < 1.29 is 9.53 Å². The Labute approximate surface area is 297 Å². The first-order valence-electron chi connectivity index (χ1n) is 11.8. The van der Waals surface area contributed by atoms with E-state index >= 15 is 0 Å². The van der Waals surface area contributed by atoms with E-state index in [1.54, 1.807) is 63.1 Å². The molecule has 0 saturated heterocycles. The molecule has 1 amide bonds. The lowest BCUT2D eigenvalue weighted by atomic mass is 10.7. The van der Waals surface area contributed by atoms with Gasteiger partial charge in [0.25, 0.3) is 10.4 Å². The summed E-state index contributed by atoms with van der Waals surface area (Å²) in [6.45, 7) is 0. The first kappa shape index (κ1) is 61.5. The normalized spacial score (nSPS) is 7.76. The second-order valence-electron chi connectivity index (χ2n) is 8.56. The maximum absolute atomic E-state index is 10.4. The maximum atomic E-state index is 10.4. The van der Waals surface area contributed by atoms with Crippen molar-refractivity contribution in [2.75, 3.05) is 133 Å². The molecule has 0 saturated carbocycles. The Hall–Kier alpha value is -2.46. The molecule has 0 aliphatic heterocycles. The van der Waals surface area contributed by atoms with Gasteiger partial charge in [-0.05, 0) is 24.7 Å². The van der Waals surface area contributed by atoms with Gasteiger partial charge in [0.1, 0.15) is 4.32 Å². The Balaban J connectivity index is -0.0000000662. The summed E-state index contributed by atoms with van der Waals surface area (Å²) in [5.74, 6) is 1.99. The third kappa shape index (κ3) is 37.6. The molecule has 1 rings (SSSR count). The zero-order valence-corrected chi connectivity index (χ0v) is 31.1. The molecule has 0 radical (unpaired) electrons. The van der Waals surface area contributed by atoms with Crippen LogP contribution in [-0.4, -0.2) is 169 Å². The van der Waals surface area contributed by atoms with Crippen molar-refractivity contribution in [3.05, 3.63) is 0 Å². The van der Waals surface area contributed by atoms with Crippen LogP contribution in [0.15, 0.2) is 9.98 Å². The van der Waals surface area contributed by atoms with E-state index in [0.717, 1.165) is 4.32 Å². The van der Waals surface area contributed by atoms with Gasteiger partial charge >= 0.3 is 0 Å². The van der Waals surface area contributed by atoms with Crippen molar-refractivity contribution in [2.45, 2.75) is 29.7 Å². The fourth-order valence-electron chi connectivity index (χ4n) is 1.59. The van der Waals surface area contributed by atoms with Crippen LogP contribution < -0.4 is 14.7 Å². The Bertz CT molecular complexity index is 807. The molecule has 0 spiro atoms. The van der Waals surface area contributed by atoms with Gasteiger partial charge in [0.15, 0.2) is 0 Å². The minimum atomic E-state index is 0. The number of carbonyl (C=O) groups excluding carboxylic acids is 1. The molecule has 1 aromatic rings.